The second-order valence-electron chi connectivity index (χ2n) is 4.59. The van der Waals surface area contributed by atoms with Gasteiger partial charge in [0.25, 0.3) is 0 Å². The molecule has 106 valence electrons. The van der Waals surface area contributed by atoms with Crippen LogP contribution in [0.2, 0.25) is 0 Å². The topological polar surface area (TPSA) is 85.0 Å². The molecule has 6 heteroatoms. The van der Waals surface area contributed by atoms with Gasteiger partial charge in [-0.1, -0.05) is 12.1 Å². The summed E-state index contributed by atoms with van der Waals surface area (Å²) in [5.41, 5.74) is 9.33. The largest absolute Gasteiger partial charge is 0.334 e. The Kier molecular flexibility index (Phi) is 4.37. The molecule has 6 nitrogen and oxygen atoms in total. The van der Waals surface area contributed by atoms with Crippen molar-refractivity contribution in [2.75, 3.05) is 5.32 Å². The summed E-state index contributed by atoms with van der Waals surface area (Å²) in [6.45, 7) is 2.91. The Balaban J connectivity index is 1.87. The van der Waals surface area contributed by atoms with E-state index in [0.717, 1.165) is 22.5 Å². The van der Waals surface area contributed by atoms with Crippen molar-refractivity contribution < 1.29 is 4.79 Å². The van der Waals surface area contributed by atoms with Gasteiger partial charge in [0.2, 0.25) is 0 Å². The predicted molar refractivity (Wildman–Crippen MR) is 78.1 cm³/mol. The molecule has 1 heterocycles. The molecule has 0 bridgehead atoms. The highest BCUT2D eigenvalue weighted by Crippen LogP contribution is 2.09. The molecule has 2 aromatic rings. The van der Waals surface area contributed by atoms with Crippen molar-refractivity contribution in [2.24, 2.45) is 12.8 Å². The predicted octanol–water partition coefficient (Wildman–Crippen LogP) is 1.51. The number of rotatable bonds is 4. The summed E-state index contributed by atoms with van der Waals surface area (Å²) in [4.78, 5) is 11.8. The fourth-order valence-electron chi connectivity index (χ4n) is 1.79. The van der Waals surface area contributed by atoms with Crippen molar-refractivity contribution in [1.82, 2.24) is 15.1 Å². The zero-order valence-corrected chi connectivity index (χ0v) is 11.7. The number of aromatic nitrogens is 2. The summed E-state index contributed by atoms with van der Waals surface area (Å²) in [6, 6.07) is 7.20. The van der Waals surface area contributed by atoms with E-state index in [4.69, 9.17) is 5.73 Å². The fraction of sp³-hybridized carbons (Fsp3) is 0.286. The van der Waals surface area contributed by atoms with Gasteiger partial charge in [-0.2, -0.15) is 5.10 Å². The average Bonchev–Trinajstić information content (AvgIpc) is 2.77. The van der Waals surface area contributed by atoms with E-state index in [1.54, 1.807) is 10.9 Å². The molecule has 0 spiro atoms. The molecule has 0 saturated carbocycles. The number of urea groups is 1. The highest BCUT2D eigenvalue weighted by atomic mass is 16.2. The zero-order chi connectivity index (χ0) is 14.5. The lowest BCUT2D eigenvalue weighted by atomic mass is 10.2. The standard InChI is InChI=1S/C14H19N5O/c1-10-12(9-17-19(10)2)8-16-14(20)18-13-5-3-11(7-15)4-6-13/h3-6,9H,7-8,15H2,1-2H3,(H2,16,18,20). The molecule has 1 aromatic carbocycles. The average molecular weight is 273 g/mol. The van der Waals surface area contributed by atoms with Crippen LogP contribution in [0.25, 0.3) is 0 Å². The number of anilines is 1. The fourth-order valence-corrected chi connectivity index (χ4v) is 1.79. The van der Waals surface area contributed by atoms with E-state index in [1.807, 2.05) is 38.2 Å². The van der Waals surface area contributed by atoms with E-state index < -0.39 is 0 Å². The van der Waals surface area contributed by atoms with Crippen LogP contribution in [0.1, 0.15) is 16.8 Å². The van der Waals surface area contributed by atoms with Crippen molar-refractivity contribution in [1.29, 1.82) is 0 Å². The van der Waals surface area contributed by atoms with Crippen molar-refractivity contribution in [3.63, 3.8) is 0 Å². The van der Waals surface area contributed by atoms with Crippen molar-refractivity contribution in [2.45, 2.75) is 20.0 Å². The Labute approximate surface area is 118 Å². The van der Waals surface area contributed by atoms with Gasteiger partial charge in [0, 0.05) is 37.1 Å². The first kappa shape index (κ1) is 14.1. The minimum absolute atomic E-state index is 0.242. The third-order valence-corrected chi connectivity index (χ3v) is 3.22. The summed E-state index contributed by atoms with van der Waals surface area (Å²) in [6.07, 6.45) is 1.76. The van der Waals surface area contributed by atoms with E-state index in [-0.39, 0.29) is 6.03 Å². The monoisotopic (exact) mass is 273 g/mol. The number of aryl methyl sites for hydroxylation is 1. The van der Waals surface area contributed by atoms with Gasteiger partial charge in [-0.05, 0) is 24.6 Å². The minimum atomic E-state index is -0.242. The van der Waals surface area contributed by atoms with E-state index in [2.05, 4.69) is 15.7 Å². The molecule has 20 heavy (non-hydrogen) atoms. The van der Waals surface area contributed by atoms with E-state index >= 15 is 0 Å². The maximum absolute atomic E-state index is 11.8. The molecule has 0 aliphatic rings. The Morgan fingerprint density at radius 2 is 2.05 bits per heavy atom. The normalized spacial score (nSPS) is 10.3. The second kappa shape index (κ2) is 6.21. The van der Waals surface area contributed by atoms with Gasteiger partial charge in [-0.3, -0.25) is 4.68 Å². The molecule has 0 aliphatic carbocycles. The Morgan fingerprint density at radius 3 is 2.60 bits per heavy atom. The molecule has 0 unspecified atom stereocenters. The summed E-state index contributed by atoms with van der Waals surface area (Å²) in [5, 5.41) is 9.70. The Bertz CT molecular complexity index is 588. The van der Waals surface area contributed by atoms with Gasteiger partial charge < -0.3 is 16.4 Å². The molecule has 4 N–H and O–H groups in total. The molecule has 2 amide bonds. The summed E-state index contributed by atoms with van der Waals surface area (Å²) in [5.74, 6) is 0. The maximum Gasteiger partial charge on any atom is 0.319 e. The van der Waals surface area contributed by atoms with Crippen LogP contribution in [0.4, 0.5) is 10.5 Å². The highest BCUT2D eigenvalue weighted by molar-refractivity contribution is 5.89. The number of carbonyl (C=O) groups is 1. The number of nitrogens with one attached hydrogen (secondary N) is 2. The van der Waals surface area contributed by atoms with E-state index in [9.17, 15) is 4.79 Å². The number of hydrogen-bond acceptors (Lipinski definition) is 3. The van der Waals surface area contributed by atoms with Crippen LogP contribution in [0.3, 0.4) is 0 Å². The molecule has 0 saturated heterocycles. The first-order valence-electron chi connectivity index (χ1n) is 6.41. The number of amides is 2. The van der Waals surface area contributed by atoms with Crippen LogP contribution in [-0.4, -0.2) is 15.8 Å². The Morgan fingerprint density at radius 1 is 1.35 bits per heavy atom. The third kappa shape index (κ3) is 3.36. The molecular weight excluding hydrogens is 254 g/mol. The summed E-state index contributed by atoms with van der Waals surface area (Å²) < 4.78 is 1.78. The van der Waals surface area contributed by atoms with Crippen molar-refractivity contribution in [3.05, 3.63) is 47.3 Å². The van der Waals surface area contributed by atoms with Crippen LogP contribution in [0.15, 0.2) is 30.5 Å². The molecule has 0 radical (unpaired) electrons. The molecule has 2 rings (SSSR count). The van der Waals surface area contributed by atoms with Gasteiger partial charge in [-0.25, -0.2) is 4.79 Å². The van der Waals surface area contributed by atoms with Crippen LogP contribution >= 0.6 is 0 Å². The first-order valence-corrected chi connectivity index (χ1v) is 6.41. The SMILES string of the molecule is Cc1c(CNC(=O)Nc2ccc(CN)cc2)cnn1C. The Hall–Kier alpha value is -2.34. The molecular formula is C14H19N5O. The van der Waals surface area contributed by atoms with Gasteiger partial charge in [0.05, 0.1) is 6.20 Å². The smallest absolute Gasteiger partial charge is 0.319 e. The van der Waals surface area contributed by atoms with Gasteiger partial charge >= 0.3 is 6.03 Å². The highest BCUT2D eigenvalue weighted by Gasteiger charge is 2.06. The van der Waals surface area contributed by atoms with Gasteiger partial charge in [0.15, 0.2) is 0 Å². The molecule has 0 aliphatic heterocycles. The van der Waals surface area contributed by atoms with Crippen molar-refractivity contribution >= 4 is 11.7 Å². The molecule has 0 fully saturated rings. The van der Waals surface area contributed by atoms with Crippen molar-refractivity contribution in [3.8, 4) is 0 Å². The lowest BCUT2D eigenvalue weighted by Gasteiger charge is -2.08. The summed E-state index contributed by atoms with van der Waals surface area (Å²) >= 11 is 0. The van der Waals surface area contributed by atoms with Crippen LogP contribution < -0.4 is 16.4 Å². The minimum Gasteiger partial charge on any atom is -0.334 e. The van der Waals surface area contributed by atoms with Crippen LogP contribution in [0, 0.1) is 6.92 Å². The first-order chi connectivity index (χ1) is 9.60. The number of benzene rings is 1. The molecule has 1 aromatic heterocycles. The quantitative estimate of drug-likeness (QED) is 0.789. The van der Waals surface area contributed by atoms with Crippen LogP contribution in [-0.2, 0) is 20.1 Å². The molecule has 0 atom stereocenters. The van der Waals surface area contributed by atoms with E-state index in [1.165, 1.54) is 0 Å². The second-order valence-corrected chi connectivity index (χ2v) is 4.59. The summed E-state index contributed by atoms with van der Waals surface area (Å²) in [7, 11) is 1.87. The number of nitrogens with two attached hydrogens (primary N) is 1. The lowest BCUT2D eigenvalue weighted by Crippen LogP contribution is -2.28. The number of carbonyl (C=O) groups excluding carboxylic acids is 1. The van der Waals surface area contributed by atoms with Gasteiger partial charge in [-0.15, -0.1) is 0 Å². The van der Waals surface area contributed by atoms with Gasteiger partial charge in [0.1, 0.15) is 0 Å². The van der Waals surface area contributed by atoms with E-state index in [0.29, 0.717) is 13.1 Å². The maximum atomic E-state index is 11.8. The number of nitrogens with zero attached hydrogens (tertiary/aromatic N) is 2. The number of hydrogen-bond donors (Lipinski definition) is 3. The third-order valence-electron chi connectivity index (χ3n) is 3.22. The lowest BCUT2D eigenvalue weighted by molar-refractivity contribution is 0.251. The van der Waals surface area contributed by atoms with Crippen LogP contribution in [0.5, 0.6) is 0 Å². The zero-order valence-electron chi connectivity index (χ0n) is 11.7.